The van der Waals surface area contributed by atoms with Crippen molar-refractivity contribution in [1.29, 1.82) is 0 Å². The van der Waals surface area contributed by atoms with Gasteiger partial charge < -0.3 is 5.32 Å². The first-order valence-electron chi connectivity index (χ1n) is 4.72. The summed E-state index contributed by atoms with van der Waals surface area (Å²) in [5.74, 6) is -0.385. The van der Waals surface area contributed by atoms with Crippen molar-refractivity contribution < 1.29 is 9.59 Å². The summed E-state index contributed by atoms with van der Waals surface area (Å²) in [6, 6.07) is 5.08. The fourth-order valence-corrected chi connectivity index (χ4v) is 1.43. The SMILES string of the molecule is CC(=O)Nc1ccc2nnn(C(C)=O)c2c1. The minimum absolute atomic E-state index is 0.166. The van der Waals surface area contributed by atoms with Crippen LogP contribution < -0.4 is 5.32 Å². The van der Waals surface area contributed by atoms with Crippen LogP contribution in [-0.2, 0) is 4.79 Å². The summed E-state index contributed by atoms with van der Waals surface area (Å²) in [6.45, 7) is 2.82. The van der Waals surface area contributed by atoms with Gasteiger partial charge in [0.1, 0.15) is 5.52 Å². The average molecular weight is 218 g/mol. The zero-order chi connectivity index (χ0) is 11.7. The van der Waals surface area contributed by atoms with Gasteiger partial charge in [-0.25, -0.2) is 0 Å². The zero-order valence-corrected chi connectivity index (χ0v) is 8.89. The Morgan fingerprint density at radius 1 is 1.31 bits per heavy atom. The lowest BCUT2D eigenvalue weighted by molar-refractivity contribution is -0.114. The van der Waals surface area contributed by atoms with Crippen molar-refractivity contribution in [1.82, 2.24) is 15.0 Å². The van der Waals surface area contributed by atoms with Crippen LogP contribution in [0.2, 0.25) is 0 Å². The smallest absolute Gasteiger partial charge is 0.245 e. The van der Waals surface area contributed by atoms with E-state index in [0.717, 1.165) is 0 Å². The summed E-state index contributed by atoms with van der Waals surface area (Å²) in [6.07, 6.45) is 0. The molecule has 0 unspecified atom stereocenters. The van der Waals surface area contributed by atoms with E-state index in [9.17, 15) is 9.59 Å². The Labute approximate surface area is 91.2 Å². The van der Waals surface area contributed by atoms with Crippen molar-refractivity contribution >= 4 is 28.5 Å². The van der Waals surface area contributed by atoms with Gasteiger partial charge in [-0.2, -0.15) is 4.68 Å². The summed E-state index contributed by atoms with van der Waals surface area (Å²) in [5, 5.41) is 10.2. The predicted octanol–water partition coefficient (Wildman–Crippen LogP) is 1.05. The van der Waals surface area contributed by atoms with E-state index in [1.807, 2.05) is 0 Å². The van der Waals surface area contributed by atoms with Crippen molar-refractivity contribution in [3.8, 4) is 0 Å². The third-order valence-corrected chi connectivity index (χ3v) is 2.06. The van der Waals surface area contributed by atoms with Gasteiger partial charge in [0.25, 0.3) is 0 Å². The second-order valence-electron chi connectivity index (χ2n) is 3.40. The molecule has 0 fully saturated rings. The van der Waals surface area contributed by atoms with Gasteiger partial charge in [-0.3, -0.25) is 9.59 Å². The maximum Gasteiger partial charge on any atom is 0.245 e. The largest absolute Gasteiger partial charge is 0.326 e. The average Bonchev–Trinajstić information content (AvgIpc) is 2.59. The maximum absolute atomic E-state index is 11.2. The Morgan fingerprint density at radius 2 is 2.06 bits per heavy atom. The van der Waals surface area contributed by atoms with Crippen molar-refractivity contribution in [2.45, 2.75) is 13.8 Å². The number of fused-ring (bicyclic) bond motifs is 1. The molecule has 0 aliphatic heterocycles. The third kappa shape index (κ3) is 1.77. The normalized spacial score (nSPS) is 10.4. The van der Waals surface area contributed by atoms with Crippen molar-refractivity contribution in [2.24, 2.45) is 0 Å². The van der Waals surface area contributed by atoms with Gasteiger partial charge in [-0.1, -0.05) is 5.21 Å². The van der Waals surface area contributed by atoms with Gasteiger partial charge in [0.2, 0.25) is 11.8 Å². The molecule has 0 radical (unpaired) electrons. The Balaban J connectivity index is 2.54. The lowest BCUT2D eigenvalue weighted by Gasteiger charge is -2.01. The molecular formula is C10H10N4O2. The molecule has 1 aromatic carbocycles. The zero-order valence-electron chi connectivity index (χ0n) is 8.89. The fraction of sp³-hybridized carbons (Fsp3) is 0.200. The molecule has 2 aromatic rings. The standard InChI is InChI=1S/C10H10N4O2/c1-6(15)11-8-3-4-9-10(5-8)14(7(2)16)13-12-9/h3-5H,1-2H3,(H,11,15). The van der Waals surface area contributed by atoms with Crippen molar-refractivity contribution in [3.05, 3.63) is 18.2 Å². The van der Waals surface area contributed by atoms with E-state index >= 15 is 0 Å². The summed E-state index contributed by atoms with van der Waals surface area (Å²) in [7, 11) is 0. The molecule has 0 aliphatic rings. The van der Waals surface area contributed by atoms with Crippen LogP contribution in [0.1, 0.15) is 18.6 Å². The topological polar surface area (TPSA) is 76.9 Å². The molecule has 0 aliphatic carbocycles. The number of amides is 1. The van der Waals surface area contributed by atoms with E-state index in [0.29, 0.717) is 16.7 Å². The molecule has 1 aromatic heterocycles. The van der Waals surface area contributed by atoms with Crippen LogP contribution in [0, 0.1) is 0 Å². The highest BCUT2D eigenvalue weighted by Crippen LogP contribution is 2.16. The Morgan fingerprint density at radius 3 is 2.69 bits per heavy atom. The Kier molecular flexibility index (Phi) is 2.40. The quantitative estimate of drug-likeness (QED) is 0.776. The molecule has 82 valence electrons. The second kappa shape index (κ2) is 3.73. The highest BCUT2D eigenvalue weighted by atomic mass is 16.2. The van der Waals surface area contributed by atoms with Crippen LogP contribution in [0.3, 0.4) is 0 Å². The number of rotatable bonds is 1. The lowest BCUT2D eigenvalue weighted by Crippen LogP contribution is -2.08. The van der Waals surface area contributed by atoms with E-state index < -0.39 is 0 Å². The maximum atomic E-state index is 11.2. The van der Waals surface area contributed by atoms with E-state index in [1.165, 1.54) is 18.5 Å². The minimum atomic E-state index is -0.220. The van der Waals surface area contributed by atoms with Crippen LogP contribution in [-0.4, -0.2) is 26.8 Å². The fourth-order valence-electron chi connectivity index (χ4n) is 1.43. The molecular weight excluding hydrogens is 208 g/mol. The Hall–Kier alpha value is -2.24. The van der Waals surface area contributed by atoms with Gasteiger partial charge in [0.05, 0.1) is 5.52 Å². The molecule has 6 heteroatoms. The molecule has 0 saturated heterocycles. The number of benzene rings is 1. The van der Waals surface area contributed by atoms with E-state index in [2.05, 4.69) is 15.6 Å². The van der Waals surface area contributed by atoms with Crippen LogP contribution in [0.15, 0.2) is 18.2 Å². The van der Waals surface area contributed by atoms with Gasteiger partial charge in [0, 0.05) is 19.5 Å². The van der Waals surface area contributed by atoms with E-state index in [-0.39, 0.29) is 11.8 Å². The molecule has 1 N–H and O–H groups in total. The predicted molar refractivity (Wildman–Crippen MR) is 58.1 cm³/mol. The molecule has 1 amide bonds. The first-order valence-corrected chi connectivity index (χ1v) is 4.72. The Bertz CT molecular complexity index is 573. The van der Waals surface area contributed by atoms with Crippen LogP contribution in [0.5, 0.6) is 0 Å². The molecule has 2 rings (SSSR count). The van der Waals surface area contributed by atoms with Gasteiger partial charge in [-0.05, 0) is 18.2 Å². The van der Waals surface area contributed by atoms with Crippen molar-refractivity contribution in [2.75, 3.05) is 5.32 Å². The first-order chi connectivity index (χ1) is 7.58. The number of hydrogen-bond donors (Lipinski definition) is 1. The second-order valence-corrected chi connectivity index (χ2v) is 3.40. The molecule has 6 nitrogen and oxygen atoms in total. The number of hydrogen-bond acceptors (Lipinski definition) is 4. The van der Waals surface area contributed by atoms with Gasteiger partial charge in [-0.15, -0.1) is 5.10 Å². The highest BCUT2D eigenvalue weighted by molar-refractivity contribution is 5.93. The number of anilines is 1. The number of carbonyl (C=O) groups is 2. The summed E-state index contributed by atoms with van der Waals surface area (Å²) < 4.78 is 1.20. The summed E-state index contributed by atoms with van der Waals surface area (Å²) in [5.41, 5.74) is 1.81. The van der Waals surface area contributed by atoms with Gasteiger partial charge >= 0.3 is 0 Å². The molecule has 0 saturated carbocycles. The number of carbonyl (C=O) groups excluding carboxylic acids is 2. The molecule has 0 spiro atoms. The lowest BCUT2D eigenvalue weighted by atomic mass is 10.2. The van der Waals surface area contributed by atoms with Crippen molar-refractivity contribution in [3.63, 3.8) is 0 Å². The molecule has 1 heterocycles. The molecule has 16 heavy (non-hydrogen) atoms. The number of nitrogens with one attached hydrogen (secondary N) is 1. The van der Waals surface area contributed by atoms with Crippen LogP contribution in [0.4, 0.5) is 5.69 Å². The highest BCUT2D eigenvalue weighted by Gasteiger charge is 2.08. The minimum Gasteiger partial charge on any atom is -0.326 e. The van der Waals surface area contributed by atoms with Crippen LogP contribution >= 0.6 is 0 Å². The monoisotopic (exact) mass is 218 g/mol. The van der Waals surface area contributed by atoms with E-state index in [1.54, 1.807) is 18.2 Å². The summed E-state index contributed by atoms with van der Waals surface area (Å²) in [4.78, 5) is 22.1. The third-order valence-electron chi connectivity index (χ3n) is 2.06. The number of aromatic nitrogens is 3. The molecule has 0 bridgehead atoms. The summed E-state index contributed by atoms with van der Waals surface area (Å²) >= 11 is 0. The van der Waals surface area contributed by atoms with Gasteiger partial charge in [0.15, 0.2) is 0 Å². The number of nitrogens with zero attached hydrogens (tertiary/aromatic N) is 3. The molecule has 0 atom stereocenters. The van der Waals surface area contributed by atoms with E-state index in [4.69, 9.17) is 0 Å². The first kappa shape index (κ1) is 10.3. The van der Waals surface area contributed by atoms with Crippen LogP contribution in [0.25, 0.3) is 11.0 Å².